The van der Waals surface area contributed by atoms with Crippen LogP contribution in [-0.2, 0) is 0 Å². The Labute approximate surface area is 130 Å². The maximum absolute atomic E-state index is 13.6. The minimum atomic E-state index is -0.835. The summed E-state index contributed by atoms with van der Waals surface area (Å²) < 4.78 is 27.2. The van der Waals surface area contributed by atoms with Gasteiger partial charge in [-0.1, -0.05) is 6.07 Å². The number of carbonyl (C=O) groups is 1. The third kappa shape index (κ3) is 3.09. The van der Waals surface area contributed by atoms with Gasteiger partial charge in [-0.15, -0.1) is 11.3 Å². The number of hydrogen-bond donors (Lipinski definition) is 1. The fourth-order valence-corrected chi connectivity index (χ4v) is 3.26. The number of anilines is 1. The number of amides is 1. The van der Waals surface area contributed by atoms with Crippen molar-refractivity contribution in [3.63, 3.8) is 0 Å². The van der Waals surface area contributed by atoms with Crippen molar-refractivity contribution >= 4 is 22.4 Å². The summed E-state index contributed by atoms with van der Waals surface area (Å²) in [6.07, 6.45) is 3.21. The van der Waals surface area contributed by atoms with Crippen LogP contribution in [0.15, 0.2) is 29.8 Å². The van der Waals surface area contributed by atoms with Crippen LogP contribution in [0.4, 0.5) is 13.9 Å². The van der Waals surface area contributed by atoms with Gasteiger partial charge in [0.1, 0.15) is 17.2 Å². The number of rotatable bonds is 3. The van der Waals surface area contributed by atoms with Crippen LogP contribution in [0.3, 0.4) is 0 Å². The Morgan fingerprint density at radius 2 is 1.95 bits per heavy atom. The van der Waals surface area contributed by atoms with Crippen LogP contribution in [0.25, 0.3) is 0 Å². The molecule has 1 saturated heterocycles. The topological polar surface area (TPSA) is 45.2 Å². The molecule has 22 heavy (non-hydrogen) atoms. The van der Waals surface area contributed by atoms with Gasteiger partial charge in [-0.2, -0.15) is 0 Å². The van der Waals surface area contributed by atoms with Crippen LogP contribution in [0, 0.1) is 11.6 Å². The van der Waals surface area contributed by atoms with Gasteiger partial charge in [0.2, 0.25) is 0 Å². The molecule has 1 aliphatic heterocycles. The number of nitrogens with zero attached hydrogens (tertiary/aromatic N) is 2. The van der Waals surface area contributed by atoms with Gasteiger partial charge in [0, 0.05) is 30.7 Å². The van der Waals surface area contributed by atoms with Crippen LogP contribution >= 0.6 is 11.3 Å². The molecule has 0 unspecified atom stereocenters. The van der Waals surface area contributed by atoms with Gasteiger partial charge < -0.3 is 10.2 Å². The van der Waals surface area contributed by atoms with Crippen molar-refractivity contribution in [2.75, 3.05) is 18.0 Å². The van der Waals surface area contributed by atoms with Gasteiger partial charge in [-0.05, 0) is 25.0 Å². The second-order valence-electron chi connectivity index (χ2n) is 5.15. The number of nitrogens with one attached hydrogen (secondary N) is 1. The Balaban J connectivity index is 1.60. The van der Waals surface area contributed by atoms with E-state index < -0.39 is 23.1 Å². The molecule has 1 aromatic carbocycles. The zero-order chi connectivity index (χ0) is 15.5. The summed E-state index contributed by atoms with van der Waals surface area (Å²) >= 11 is 1.57. The summed E-state index contributed by atoms with van der Waals surface area (Å²) in [6.45, 7) is 1.52. The third-order valence-electron chi connectivity index (χ3n) is 3.71. The lowest BCUT2D eigenvalue weighted by atomic mass is 10.0. The summed E-state index contributed by atoms with van der Waals surface area (Å²) in [5.74, 6) is -2.36. The smallest absolute Gasteiger partial charge is 0.257 e. The van der Waals surface area contributed by atoms with E-state index in [0.29, 0.717) is 0 Å². The molecule has 0 spiro atoms. The maximum atomic E-state index is 13.6. The molecule has 3 rings (SSSR count). The zero-order valence-electron chi connectivity index (χ0n) is 11.8. The van der Waals surface area contributed by atoms with Crippen molar-refractivity contribution in [2.45, 2.75) is 18.9 Å². The molecule has 116 valence electrons. The molecule has 1 N–H and O–H groups in total. The summed E-state index contributed by atoms with van der Waals surface area (Å²) in [7, 11) is 0. The Morgan fingerprint density at radius 1 is 1.27 bits per heavy atom. The minimum Gasteiger partial charge on any atom is -0.349 e. The van der Waals surface area contributed by atoms with Gasteiger partial charge in [-0.3, -0.25) is 4.79 Å². The molecule has 2 aromatic rings. The molecule has 0 aliphatic carbocycles. The highest BCUT2D eigenvalue weighted by molar-refractivity contribution is 7.13. The molecule has 4 nitrogen and oxygen atoms in total. The molecule has 1 amide bonds. The van der Waals surface area contributed by atoms with Crippen molar-refractivity contribution in [1.82, 2.24) is 10.3 Å². The summed E-state index contributed by atoms with van der Waals surface area (Å²) in [5.41, 5.74) is -0.509. The molecular formula is C15H15F2N3OS. The fourth-order valence-electron chi connectivity index (χ4n) is 2.56. The van der Waals surface area contributed by atoms with Crippen LogP contribution in [0.1, 0.15) is 23.2 Å². The van der Waals surface area contributed by atoms with E-state index in [1.165, 1.54) is 6.07 Å². The van der Waals surface area contributed by atoms with Gasteiger partial charge in [-0.25, -0.2) is 13.8 Å². The first-order valence-corrected chi connectivity index (χ1v) is 7.92. The van der Waals surface area contributed by atoms with Crippen molar-refractivity contribution in [1.29, 1.82) is 0 Å². The normalized spacial score (nSPS) is 15.8. The lowest BCUT2D eigenvalue weighted by Crippen LogP contribution is -2.45. The fraction of sp³-hybridized carbons (Fsp3) is 0.333. The first kappa shape index (κ1) is 14.9. The van der Waals surface area contributed by atoms with Gasteiger partial charge in [0.25, 0.3) is 5.91 Å². The quantitative estimate of drug-likeness (QED) is 0.945. The van der Waals surface area contributed by atoms with Gasteiger partial charge in [0.15, 0.2) is 5.13 Å². The molecule has 7 heteroatoms. The Morgan fingerprint density at radius 3 is 2.55 bits per heavy atom. The molecule has 2 heterocycles. The number of benzene rings is 1. The predicted molar refractivity (Wildman–Crippen MR) is 81.2 cm³/mol. The number of hydrogen-bond acceptors (Lipinski definition) is 4. The van der Waals surface area contributed by atoms with Crippen molar-refractivity contribution in [2.24, 2.45) is 0 Å². The molecular weight excluding hydrogens is 308 g/mol. The summed E-state index contributed by atoms with van der Waals surface area (Å²) in [6, 6.07) is 3.34. The van der Waals surface area contributed by atoms with Crippen molar-refractivity contribution < 1.29 is 13.6 Å². The van der Waals surface area contributed by atoms with E-state index in [1.807, 2.05) is 5.38 Å². The van der Waals surface area contributed by atoms with E-state index in [-0.39, 0.29) is 6.04 Å². The lowest BCUT2D eigenvalue weighted by Gasteiger charge is -2.32. The molecule has 0 radical (unpaired) electrons. The molecule has 1 aromatic heterocycles. The second-order valence-corrected chi connectivity index (χ2v) is 6.02. The van der Waals surface area contributed by atoms with Crippen LogP contribution in [0.2, 0.25) is 0 Å². The highest BCUT2D eigenvalue weighted by Crippen LogP contribution is 2.22. The average Bonchev–Trinajstić information content (AvgIpc) is 3.02. The monoisotopic (exact) mass is 323 g/mol. The van der Waals surface area contributed by atoms with Gasteiger partial charge in [0.05, 0.1) is 0 Å². The Hall–Kier alpha value is -2.02. The van der Waals surface area contributed by atoms with E-state index >= 15 is 0 Å². The molecule has 0 saturated carbocycles. The van der Waals surface area contributed by atoms with Gasteiger partial charge >= 0.3 is 0 Å². The van der Waals surface area contributed by atoms with Crippen molar-refractivity contribution in [3.8, 4) is 0 Å². The summed E-state index contributed by atoms with van der Waals surface area (Å²) in [5, 5.41) is 5.60. The number of aromatic nitrogens is 1. The zero-order valence-corrected chi connectivity index (χ0v) is 12.6. The number of carbonyl (C=O) groups excluding carboxylic acids is 1. The predicted octanol–water partition coefficient (Wildman–Crippen LogP) is 2.82. The second kappa shape index (κ2) is 6.39. The van der Waals surface area contributed by atoms with Crippen LogP contribution in [0.5, 0.6) is 0 Å². The SMILES string of the molecule is O=C(NC1CCN(c2nccs2)CC1)c1c(F)cccc1F. The highest BCUT2D eigenvalue weighted by atomic mass is 32.1. The highest BCUT2D eigenvalue weighted by Gasteiger charge is 2.24. The Kier molecular flexibility index (Phi) is 4.33. The minimum absolute atomic E-state index is 0.0808. The Bertz CT molecular complexity index is 635. The average molecular weight is 323 g/mol. The lowest BCUT2D eigenvalue weighted by molar-refractivity contribution is 0.0922. The molecule has 0 bridgehead atoms. The van der Waals surface area contributed by atoms with Crippen molar-refractivity contribution in [3.05, 3.63) is 47.0 Å². The third-order valence-corrected chi connectivity index (χ3v) is 4.54. The first-order chi connectivity index (χ1) is 10.6. The van der Waals surface area contributed by atoms with Crippen LogP contribution < -0.4 is 10.2 Å². The number of thiazole rings is 1. The van der Waals surface area contributed by atoms with Crippen LogP contribution in [-0.4, -0.2) is 30.0 Å². The molecule has 1 aliphatic rings. The van der Waals surface area contributed by atoms with E-state index in [9.17, 15) is 13.6 Å². The summed E-state index contributed by atoms with van der Waals surface area (Å²) in [4.78, 5) is 18.5. The number of piperidine rings is 1. The molecule has 0 atom stereocenters. The van der Waals surface area contributed by atoms with E-state index in [4.69, 9.17) is 0 Å². The van der Waals surface area contributed by atoms with E-state index in [0.717, 1.165) is 43.2 Å². The van der Waals surface area contributed by atoms with E-state index in [1.54, 1.807) is 17.5 Å². The maximum Gasteiger partial charge on any atom is 0.257 e. The largest absolute Gasteiger partial charge is 0.349 e. The van der Waals surface area contributed by atoms with E-state index in [2.05, 4.69) is 15.2 Å². The number of halogens is 2. The molecule has 1 fully saturated rings. The standard InChI is InChI=1S/C15H15F2N3OS/c16-11-2-1-3-12(17)13(11)14(21)19-10-4-7-20(8-5-10)15-18-6-9-22-15/h1-3,6,9-10H,4-5,7-8H2,(H,19,21). The first-order valence-electron chi connectivity index (χ1n) is 7.04.